The first-order chi connectivity index (χ1) is 9.62. The number of nitrogens with zero attached hydrogens (tertiary/aromatic N) is 1. The van der Waals surface area contributed by atoms with Gasteiger partial charge in [0.1, 0.15) is 11.6 Å². The smallest absolute Gasteiger partial charge is 0.335 e. The number of rotatable bonds is 5. The summed E-state index contributed by atoms with van der Waals surface area (Å²) in [7, 11) is 1.61. The van der Waals surface area contributed by atoms with Gasteiger partial charge in [0, 0.05) is 11.4 Å². The molecule has 0 aliphatic carbocycles. The predicted octanol–water partition coefficient (Wildman–Crippen LogP) is 3.09. The quantitative estimate of drug-likeness (QED) is 0.875. The molecule has 0 radical (unpaired) electrons. The molecule has 0 spiro atoms. The van der Waals surface area contributed by atoms with Crippen molar-refractivity contribution in [1.29, 1.82) is 0 Å². The Hall–Kier alpha value is -2.56. The third-order valence-electron chi connectivity index (χ3n) is 2.85. The van der Waals surface area contributed by atoms with Crippen molar-refractivity contribution in [3.05, 3.63) is 47.7 Å². The number of pyridine rings is 1. The highest BCUT2D eigenvalue weighted by Gasteiger charge is 2.08. The van der Waals surface area contributed by atoms with Gasteiger partial charge < -0.3 is 15.2 Å². The normalized spacial score (nSPS) is 10.1. The molecule has 5 heteroatoms. The van der Waals surface area contributed by atoms with Gasteiger partial charge >= 0.3 is 5.97 Å². The van der Waals surface area contributed by atoms with Gasteiger partial charge in [-0.1, -0.05) is 6.92 Å². The Morgan fingerprint density at radius 3 is 2.55 bits per heavy atom. The molecule has 0 saturated carbocycles. The zero-order valence-corrected chi connectivity index (χ0v) is 11.4. The fraction of sp³-hybridized carbons (Fsp3) is 0.200. The molecule has 0 aliphatic heterocycles. The summed E-state index contributed by atoms with van der Waals surface area (Å²) < 4.78 is 5.09. The zero-order chi connectivity index (χ0) is 14.5. The van der Waals surface area contributed by atoms with E-state index < -0.39 is 5.97 Å². The number of methoxy groups -OCH3 is 1. The monoisotopic (exact) mass is 272 g/mol. The highest BCUT2D eigenvalue weighted by Crippen LogP contribution is 2.20. The Balaban J connectivity index is 2.27. The molecule has 1 heterocycles. The molecule has 0 unspecified atom stereocenters. The summed E-state index contributed by atoms with van der Waals surface area (Å²) >= 11 is 0. The lowest BCUT2D eigenvalue weighted by atomic mass is 10.2. The minimum absolute atomic E-state index is 0.230. The standard InChI is InChI=1S/C15H16N2O3/c1-3-11-8-10(15(18)19)9-14(16-11)17-12-4-6-13(20-2)7-5-12/h4-9H,3H2,1-2H3,(H,16,17)(H,18,19). The van der Waals surface area contributed by atoms with Gasteiger partial charge in [0.15, 0.2) is 0 Å². The van der Waals surface area contributed by atoms with Crippen LogP contribution >= 0.6 is 0 Å². The van der Waals surface area contributed by atoms with E-state index in [9.17, 15) is 4.79 Å². The predicted molar refractivity (Wildman–Crippen MR) is 76.9 cm³/mol. The van der Waals surface area contributed by atoms with Gasteiger partial charge in [-0.05, 0) is 42.8 Å². The van der Waals surface area contributed by atoms with Crippen molar-refractivity contribution >= 4 is 17.5 Å². The average molecular weight is 272 g/mol. The summed E-state index contributed by atoms with van der Waals surface area (Å²) in [5.41, 5.74) is 1.79. The number of aromatic nitrogens is 1. The largest absolute Gasteiger partial charge is 0.497 e. The molecule has 0 fully saturated rings. The first-order valence-electron chi connectivity index (χ1n) is 6.27. The Morgan fingerprint density at radius 1 is 1.30 bits per heavy atom. The van der Waals surface area contributed by atoms with Gasteiger partial charge in [0.05, 0.1) is 12.7 Å². The number of carbonyl (C=O) groups is 1. The van der Waals surface area contributed by atoms with Gasteiger partial charge in [0.25, 0.3) is 0 Å². The van der Waals surface area contributed by atoms with E-state index in [1.807, 2.05) is 31.2 Å². The van der Waals surface area contributed by atoms with E-state index in [4.69, 9.17) is 9.84 Å². The van der Waals surface area contributed by atoms with Crippen molar-refractivity contribution in [2.24, 2.45) is 0 Å². The van der Waals surface area contributed by atoms with Crippen molar-refractivity contribution in [2.75, 3.05) is 12.4 Å². The van der Waals surface area contributed by atoms with Gasteiger partial charge in [-0.2, -0.15) is 0 Å². The van der Waals surface area contributed by atoms with Gasteiger partial charge in [0.2, 0.25) is 0 Å². The third kappa shape index (κ3) is 3.26. The summed E-state index contributed by atoms with van der Waals surface area (Å²) in [4.78, 5) is 15.5. The van der Waals surface area contributed by atoms with E-state index in [-0.39, 0.29) is 5.56 Å². The van der Waals surface area contributed by atoms with E-state index in [2.05, 4.69) is 10.3 Å². The van der Waals surface area contributed by atoms with Crippen molar-refractivity contribution in [1.82, 2.24) is 4.98 Å². The van der Waals surface area contributed by atoms with Gasteiger partial charge in [-0.3, -0.25) is 0 Å². The van der Waals surface area contributed by atoms with Crippen LogP contribution in [0, 0.1) is 0 Å². The molecule has 0 aliphatic rings. The highest BCUT2D eigenvalue weighted by atomic mass is 16.5. The van der Waals surface area contributed by atoms with Crippen LogP contribution in [0.1, 0.15) is 23.0 Å². The Morgan fingerprint density at radius 2 is 2.00 bits per heavy atom. The van der Waals surface area contributed by atoms with E-state index in [1.165, 1.54) is 6.07 Å². The molecular formula is C15H16N2O3. The van der Waals surface area contributed by atoms with Crippen LogP contribution in [0.4, 0.5) is 11.5 Å². The molecule has 1 aromatic carbocycles. The number of hydrogen-bond acceptors (Lipinski definition) is 4. The number of ether oxygens (including phenoxy) is 1. The number of hydrogen-bond donors (Lipinski definition) is 2. The first kappa shape index (κ1) is 13.9. The lowest BCUT2D eigenvalue weighted by Crippen LogP contribution is -2.03. The van der Waals surface area contributed by atoms with Crippen LogP contribution in [0.3, 0.4) is 0 Å². The number of aryl methyl sites for hydroxylation is 1. The lowest BCUT2D eigenvalue weighted by Gasteiger charge is -2.09. The highest BCUT2D eigenvalue weighted by molar-refractivity contribution is 5.88. The van der Waals surface area contributed by atoms with Crippen LogP contribution in [0.5, 0.6) is 5.75 Å². The van der Waals surface area contributed by atoms with Gasteiger partial charge in [-0.15, -0.1) is 0 Å². The van der Waals surface area contributed by atoms with Crippen LogP contribution < -0.4 is 10.1 Å². The van der Waals surface area contributed by atoms with Crippen LogP contribution in [-0.2, 0) is 6.42 Å². The first-order valence-corrected chi connectivity index (χ1v) is 6.27. The number of carboxylic acids is 1. The Bertz CT molecular complexity index is 609. The molecule has 1 aromatic heterocycles. The summed E-state index contributed by atoms with van der Waals surface area (Å²) in [5.74, 6) is 0.323. The second-order valence-corrected chi connectivity index (χ2v) is 4.24. The Labute approximate surface area is 117 Å². The molecule has 0 amide bonds. The second kappa shape index (κ2) is 6.06. The van der Waals surface area contributed by atoms with Crippen molar-refractivity contribution in [3.63, 3.8) is 0 Å². The SMILES string of the molecule is CCc1cc(C(=O)O)cc(Nc2ccc(OC)cc2)n1. The van der Waals surface area contributed by atoms with Crippen LogP contribution in [0.15, 0.2) is 36.4 Å². The summed E-state index contributed by atoms with van der Waals surface area (Å²) in [5, 5.41) is 12.2. The van der Waals surface area contributed by atoms with Crippen molar-refractivity contribution in [2.45, 2.75) is 13.3 Å². The molecule has 2 rings (SSSR count). The number of carboxylic acid groups (broad SMARTS) is 1. The van der Waals surface area contributed by atoms with Crippen molar-refractivity contribution < 1.29 is 14.6 Å². The zero-order valence-electron chi connectivity index (χ0n) is 11.4. The number of anilines is 2. The summed E-state index contributed by atoms with van der Waals surface area (Å²) in [6.07, 6.45) is 0.679. The topological polar surface area (TPSA) is 71.5 Å². The van der Waals surface area contributed by atoms with E-state index >= 15 is 0 Å². The Kier molecular flexibility index (Phi) is 4.20. The van der Waals surface area contributed by atoms with Crippen LogP contribution in [0.25, 0.3) is 0 Å². The summed E-state index contributed by atoms with van der Waals surface area (Å²) in [6.45, 7) is 1.94. The fourth-order valence-corrected chi connectivity index (χ4v) is 1.78. The molecule has 5 nitrogen and oxygen atoms in total. The van der Waals surface area contributed by atoms with E-state index in [0.717, 1.165) is 17.1 Å². The third-order valence-corrected chi connectivity index (χ3v) is 2.85. The van der Waals surface area contributed by atoms with E-state index in [1.54, 1.807) is 13.2 Å². The average Bonchev–Trinajstić information content (AvgIpc) is 2.47. The minimum Gasteiger partial charge on any atom is -0.497 e. The maximum Gasteiger partial charge on any atom is 0.335 e. The van der Waals surface area contributed by atoms with Crippen molar-refractivity contribution in [3.8, 4) is 5.75 Å². The van der Waals surface area contributed by atoms with Crippen LogP contribution in [-0.4, -0.2) is 23.2 Å². The number of nitrogens with one attached hydrogen (secondary N) is 1. The van der Waals surface area contributed by atoms with E-state index in [0.29, 0.717) is 12.2 Å². The molecule has 104 valence electrons. The number of aromatic carboxylic acids is 1. The molecule has 2 aromatic rings. The molecule has 20 heavy (non-hydrogen) atoms. The minimum atomic E-state index is -0.958. The summed E-state index contributed by atoms with van der Waals surface area (Å²) in [6, 6.07) is 10.4. The van der Waals surface area contributed by atoms with Gasteiger partial charge in [-0.25, -0.2) is 9.78 Å². The molecular weight excluding hydrogens is 256 g/mol. The second-order valence-electron chi connectivity index (χ2n) is 4.24. The molecule has 0 bridgehead atoms. The number of benzene rings is 1. The molecule has 2 N–H and O–H groups in total. The fourth-order valence-electron chi connectivity index (χ4n) is 1.78. The lowest BCUT2D eigenvalue weighted by molar-refractivity contribution is 0.0696. The molecule has 0 atom stereocenters. The molecule has 0 saturated heterocycles. The maximum atomic E-state index is 11.1. The van der Waals surface area contributed by atoms with Crippen LogP contribution in [0.2, 0.25) is 0 Å². The maximum absolute atomic E-state index is 11.1.